The highest BCUT2D eigenvalue weighted by Gasteiger charge is 2.30. The van der Waals surface area contributed by atoms with Gasteiger partial charge < -0.3 is 21.5 Å². The van der Waals surface area contributed by atoms with Crippen LogP contribution < -0.4 is 17.0 Å². The smallest absolute Gasteiger partial charge is 0.0971 e. The molecule has 2 unspecified atom stereocenters. The molecular formula is C18H36BrN. The molecule has 0 aromatic rings. The van der Waals surface area contributed by atoms with Crippen LogP contribution >= 0.6 is 0 Å². The summed E-state index contributed by atoms with van der Waals surface area (Å²) >= 11 is 0. The summed E-state index contributed by atoms with van der Waals surface area (Å²) in [5.41, 5.74) is 0. The topological polar surface area (TPSA) is 0 Å². The molecular weight excluding hydrogens is 310 g/mol. The molecule has 0 amide bonds. The Morgan fingerprint density at radius 1 is 1.05 bits per heavy atom. The maximum Gasteiger partial charge on any atom is 0.0971 e. The van der Waals surface area contributed by atoms with Gasteiger partial charge in [-0.3, -0.25) is 0 Å². The Morgan fingerprint density at radius 2 is 1.65 bits per heavy atom. The number of hydrogen-bond donors (Lipinski definition) is 0. The minimum atomic E-state index is 0. The van der Waals surface area contributed by atoms with Crippen molar-refractivity contribution < 1.29 is 21.5 Å². The number of hydrogen-bond acceptors (Lipinski definition) is 0. The number of rotatable bonds is 9. The van der Waals surface area contributed by atoms with Gasteiger partial charge in [0.15, 0.2) is 0 Å². The predicted octanol–water partition coefficient (Wildman–Crippen LogP) is 2.03. The van der Waals surface area contributed by atoms with Crippen molar-refractivity contribution in [1.82, 2.24) is 0 Å². The zero-order valence-corrected chi connectivity index (χ0v) is 15.6. The molecule has 0 aliphatic carbocycles. The lowest BCUT2D eigenvalue weighted by Gasteiger charge is -2.42. The molecule has 1 heterocycles. The van der Waals surface area contributed by atoms with E-state index in [-0.39, 0.29) is 17.0 Å². The van der Waals surface area contributed by atoms with Crippen LogP contribution in [0.1, 0.15) is 65.7 Å². The maximum absolute atomic E-state index is 3.99. The van der Waals surface area contributed by atoms with E-state index in [9.17, 15) is 0 Å². The highest BCUT2D eigenvalue weighted by atomic mass is 79.9. The summed E-state index contributed by atoms with van der Waals surface area (Å²) in [7, 11) is 0. The summed E-state index contributed by atoms with van der Waals surface area (Å²) in [5, 5.41) is 0. The van der Waals surface area contributed by atoms with Crippen molar-refractivity contribution in [2.75, 3.05) is 26.2 Å². The Kier molecular flexibility index (Phi) is 10.9. The van der Waals surface area contributed by atoms with Gasteiger partial charge in [-0.05, 0) is 37.7 Å². The summed E-state index contributed by atoms with van der Waals surface area (Å²) in [6.07, 6.45) is 12.0. The summed E-state index contributed by atoms with van der Waals surface area (Å²) < 4.78 is 1.33. The van der Waals surface area contributed by atoms with Gasteiger partial charge in [-0.1, -0.05) is 46.6 Å². The third-order valence-corrected chi connectivity index (χ3v) is 5.07. The first-order valence-corrected chi connectivity index (χ1v) is 8.58. The molecule has 1 aliphatic rings. The molecule has 1 nitrogen and oxygen atoms in total. The average Bonchev–Trinajstić information content (AvgIpc) is 2.39. The first-order valence-electron chi connectivity index (χ1n) is 8.58. The molecule has 20 heavy (non-hydrogen) atoms. The molecule has 0 spiro atoms. The van der Waals surface area contributed by atoms with Crippen molar-refractivity contribution >= 4 is 0 Å². The second kappa shape index (κ2) is 10.8. The molecule has 0 saturated carbocycles. The summed E-state index contributed by atoms with van der Waals surface area (Å²) in [5.74, 6) is 1.79. The first-order chi connectivity index (χ1) is 9.12. The zero-order chi connectivity index (χ0) is 14.1. The SMILES string of the molecule is C=CC[N+]1(CC(C)CCCC(C)CC)CCCCC1.[Br-]. The van der Waals surface area contributed by atoms with Gasteiger partial charge in [-0.15, -0.1) is 0 Å². The second-order valence-electron chi connectivity index (χ2n) is 7.05. The molecule has 2 heteroatoms. The molecule has 1 aliphatic heterocycles. The second-order valence-corrected chi connectivity index (χ2v) is 7.05. The standard InChI is InChI=1S/C18H36N.BrH/c1-5-13-19(14-8-7-9-15-19)16-18(4)12-10-11-17(3)6-2;/h5,17-18H,1,6-16H2,2-4H3;1H/q+1;/p-1. The molecule has 120 valence electrons. The fourth-order valence-electron chi connectivity index (χ4n) is 3.67. The number of nitrogens with zero attached hydrogens (tertiary/aromatic N) is 1. The van der Waals surface area contributed by atoms with Gasteiger partial charge in [0.1, 0.15) is 0 Å². The Hall–Kier alpha value is 0.180. The molecule has 0 N–H and O–H groups in total. The van der Waals surface area contributed by atoms with Gasteiger partial charge in [0.2, 0.25) is 0 Å². The van der Waals surface area contributed by atoms with Crippen molar-refractivity contribution in [2.45, 2.75) is 65.7 Å². The minimum Gasteiger partial charge on any atom is -1.00 e. The lowest BCUT2D eigenvalue weighted by Crippen LogP contribution is -3.00. The summed E-state index contributed by atoms with van der Waals surface area (Å²) in [4.78, 5) is 0. The monoisotopic (exact) mass is 345 g/mol. The molecule has 0 bridgehead atoms. The van der Waals surface area contributed by atoms with E-state index in [0.717, 1.165) is 11.8 Å². The van der Waals surface area contributed by atoms with Crippen LogP contribution in [0.4, 0.5) is 0 Å². The quantitative estimate of drug-likeness (QED) is 0.443. The van der Waals surface area contributed by atoms with Crippen LogP contribution in [0, 0.1) is 11.8 Å². The molecule has 0 aromatic carbocycles. The Balaban J connectivity index is 0.00000361. The van der Waals surface area contributed by atoms with Crippen LogP contribution in [0.2, 0.25) is 0 Å². The van der Waals surface area contributed by atoms with Crippen molar-refractivity contribution in [1.29, 1.82) is 0 Å². The van der Waals surface area contributed by atoms with Crippen LogP contribution in [0.3, 0.4) is 0 Å². The van der Waals surface area contributed by atoms with E-state index in [1.807, 2.05) is 0 Å². The van der Waals surface area contributed by atoms with E-state index in [0.29, 0.717) is 0 Å². The fraction of sp³-hybridized carbons (Fsp3) is 0.889. The first kappa shape index (κ1) is 20.2. The van der Waals surface area contributed by atoms with Crippen LogP contribution in [0.5, 0.6) is 0 Å². The third-order valence-electron chi connectivity index (χ3n) is 5.07. The fourth-order valence-corrected chi connectivity index (χ4v) is 3.67. The third kappa shape index (κ3) is 7.26. The van der Waals surface area contributed by atoms with Gasteiger partial charge in [0.05, 0.1) is 26.2 Å². The number of likely N-dealkylation sites (tertiary alicyclic amines) is 1. The van der Waals surface area contributed by atoms with Crippen LogP contribution in [0.25, 0.3) is 0 Å². The van der Waals surface area contributed by atoms with Crippen molar-refractivity contribution in [2.24, 2.45) is 11.8 Å². The number of piperidine rings is 1. The Morgan fingerprint density at radius 3 is 2.20 bits per heavy atom. The largest absolute Gasteiger partial charge is 1.00 e. The molecule has 0 aromatic heterocycles. The molecule has 1 saturated heterocycles. The van der Waals surface area contributed by atoms with Gasteiger partial charge in [0, 0.05) is 5.92 Å². The van der Waals surface area contributed by atoms with E-state index >= 15 is 0 Å². The van der Waals surface area contributed by atoms with E-state index in [1.54, 1.807) is 0 Å². The highest BCUT2D eigenvalue weighted by Crippen LogP contribution is 2.24. The molecule has 1 fully saturated rings. The number of quaternary nitrogens is 1. The molecule has 0 radical (unpaired) electrons. The zero-order valence-electron chi connectivity index (χ0n) is 14.0. The van der Waals surface area contributed by atoms with Gasteiger partial charge in [-0.25, -0.2) is 0 Å². The number of halogens is 1. The summed E-state index contributed by atoms with van der Waals surface area (Å²) in [6, 6.07) is 0. The lowest BCUT2D eigenvalue weighted by molar-refractivity contribution is -0.930. The van der Waals surface area contributed by atoms with Crippen molar-refractivity contribution in [3.8, 4) is 0 Å². The normalized spacial score (nSPS) is 20.8. The highest BCUT2D eigenvalue weighted by molar-refractivity contribution is 4.69. The van der Waals surface area contributed by atoms with Crippen LogP contribution in [-0.4, -0.2) is 30.7 Å². The van der Waals surface area contributed by atoms with Crippen LogP contribution in [-0.2, 0) is 0 Å². The Bertz CT molecular complexity index is 246. The van der Waals surface area contributed by atoms with Crippen molar-refractivity contribution in [3.63, 3.8) is 0 Å². The van der Waals surface area contributed by atoms with Crippen molar-refractivity contribution in [3.05, 3.63) is 12.7 Å². The van der Waals surface area contributed by atoms with Gasteiger partial charge >= 0.3 is 0 Å². The molecule has 2 atom stereocenters. The van der Waals surface area contributed by atoms with Crippen LogP contribution in [0.15, 0.2) is 12.7 Å². The van der Waals surface area contributed by atoms with E-state index < -0.39 is 0 Å². The van der Waals surface area contributed by atoms with E-state index in [4.69, 9.17) is 0 Å². The predicted molar refractivity (Wildman–Crippen MR) is 86.2 cm³/mol. The lowest BCUT2D eigenvalue weighted by atomic mass is 9.95. The average molecular weight is 346 g/mol. The Labute approximate surface area is 138 Å². The van der Waals surface area contributed by atoms with E-state index in [2.05, 4.69) is 33.4 Å². The molecule has 1 rings (SSSR count). The summed E-state index contributed by atoms with van der Waals surface area (Å²) in [6.45, 7) is 16.5. The van der Waals surface area contributed by atoms with E-state index in [1.165, 1.54) is 75.6 Å². The minimum absolute atomic E-state index is 0. The van der Waals surface area contributed by atoms with Gasteiger partial charge in [-0.2, -0.15) is 0 Å². The van der Waals surface area contributed by atoms with Gasteiger partial charge in [0.25, 0.3) is 0 Å². The maximum atomic E-state index is 3.99.